The quantitative estimate of drug-likeness (QED) is 0.659. The van der Waals surface area contributed by atoms with E-state index in [0.717, 1.165) is 6.54 Å². The van der Waals surface area contributed by atoms with Crippen LogP contribution in [0.1, 0.15) is 25.8 Å². The molecule has 1 rings (SSSR count). The van der Waals surface area contributed by atoms with Gasteiger partial charge >= 0.3 is 6.01 Å². The molecule has 0 aromatic carbocycles. The summed E-state index contributed by atoms with van der Waals surface area (Å²) in [4.78, 5) is 0. The summed E-state index contributed by atoms with van der Waals surface area (Å²) in [5, 5.41) is 10.4. The van der Waals surface area contributed by atoms with Gasteiger partial charge in [0.15, 0.2) is 0 Å². The van der Waals surface area contributed by atoms with Crippen LogP contribution in [0.15, 0.2) is 4.42 Å². The lowest BCUT2D eigenvalue weighted by Gasteiger charge is -2.05. The van der Waals surface area contributed by atoms with Crippen molar-refractivity contribution < 1.29 is 4.42 Å². The van der Waals surface area contributed by atoms with E-state index < -0.39 is 0 Å². The summed E-state index contributed by atoms with van der Waals surface area (Å²) in [7, 11) is 0. The SMILES string of the molecule is CCNC(C)c1nnc(N)o1. The molecule has 0 bridgehead atoms. The fraction of sp³-hybridized carbons (Fsp3) is 0.667. The van der Waals surface area contributed by atoms with E-state index in [1.807, 2.05) is 13.8 Å². The molecule has 1 heterocycles. The van der Waals surface area contributed by atoms with Crippen molar-refractivity contribution in [3.63, 3.8) is 0 Å². The number of nitrogen functional groups attached to an aromatic ring is 1. The van der Waals surface area contributed by atoms with E-state index in [9.17, 15) is 0 Å². The summed E-state index contributed by atoms with van der Waals surface area (Å²) in [6, 6.07) is 0.189. The minimum atomic E-state index is 0.0739. The minimum absolute atomic E-state index is 0.0739. The highest BCUT2D eigenvalue weighted by Gasteiger charge is 2.10. The number of nitrogens with two attached hydrogens (primary N) is 1. The highest BCUT2D eigenvalue weighted by molar-refractivity contribution is 5.06. The third-order valence-corrected chi connectivity index (χ3v) is 1.34. The number of aromatic nitrogens is 2. The molecule has 1 unspecified atom stereocenters. The number of nitrogens with one attached hydrogen (secondary N) is 1. The summed E-state index contributed by atoms with van der Waals surface area (Å²) in [6.45, 7) is 4.82. The summed E-state index contributed by atoms with van der Waals surface area (Å²) >= 11 is 0. The van der Waals surface area contributed by atoms with Gasteiger partial charge < -0.3 is 15.5 Å². The van der Waals surface area contributed by atoms with Crippen LogP contribution in [0.25, 0.3) is 0 Å². The van der Waals surface area contributed by atoms with Crippen molar-refractivity contribution in [2.24, 2.45) is 0 Å². The van der Waals surface area contributed by atoms with Gasteiger partial charge in [-0.2, -0.15) is 0 Å². The van der Waals surface area contributed by atoms with Gasteiger partial charge in [-0.1, -0.05) is 12.0 Å². The Morgan fingerprint density at radius 3 is 2.82 bits per heavy atom. The second-order valence-corrected chi connectivity index (χ2v) is 2.26. The zero-order valence-electron chi connectivity index (χ0n) is 6.66. The van der Waals surface area contributed by atoms with E-state index in [-0.39, 0.29) is 12.1 Å². The van der Waals surface area contributed by atoms with Gasteiger partial charge in [-0.15, -0.1) is 5.10 Å². The van der Waals surface area contributed by atoms with Gasteiger partial charge in [0, 0.05) is 0 Å². The third kappa shape index (κ3) is 1.91. The molecule has 0 aliphatic carbocycles. The van der Waals surface area contributed by atoms with Crippen LogP contribution in [-0.2, 0) is 0 Å². The molecule has 1 aromatic rings. The Labute approximate surface area is 65.0 Å². The Kier molecular flexibility index (Phi) is 2.43. The second kappa shape index (κ2) is 3.34. The van der Waals surface area contributed by atoms with Crippen LogP contribution < -0.4 is 11.1 Å². The van der Waals surface area contributed by atoms with Gasteiger partial charge in [-0.05, 0) is 13.5 Å². The lowest BCUT2D eigenvalue weighted by atomic mass is 10.3. The Hall–Kier alpha value is -1.10. The van der Waals surface area contributed by atoms with E-state index in [0.29, 0.717) is 5.89 Å². The highest BCUT2D eigenvalue weighted by Crippen LogP contribution is 2.10. The van der Waals surface area contributed by atoms with Crippen molar-refractivity contribution >= 4 is 6.01 Å². The highest BCUT2D eigenvalue weighted by atomic mass is 16.4. The molecule has 1 atom stereocenters. The Bertz CT molecular complexity index is 222. The zero-order chi connectivity index (χ0) is 8.27. The van der Waals surface area contributed by atoms with Gasteiger partial charge in [0.05, 0.1) is 6.04 Å². The van der Waals surface area contributed by atoms with Crippen molar-refractivity contribution in [3.8, 4) is 0 Å². The third-order valence-electron chi connectivity index (χ3n) is 1.34. The summed E-state index contributed by atoms with van der Waals surface area (Å²) in [5.74, 6) is 0.532. The molecular weight excluding hydrogens is 144 g/mol. The van der Waals surface area contributed by atoms with Gasteiger partial charge in [-0.25, -0.2) is 0 Å². The molecule has 0 saturated heterocycles. The normalized spacial score (nSPS) is 13.3. The molecule has 1 aromatic heterocycles. The smallest absolute Gasteiger partial charge is 0.312 e. The second-order valence-electron chi connectivity index (χ2n) is 2.26. The van der Waals surface area contributed by atoms with Crippen molar-refractivity contribution in [2.75, 3.05) is 12.3 Å². The molecule has 0 aliphatic heterocycles. The van der Waals surface area contributed by atoms with E-state index in [1.54, 1.807) is 0 Å². The molecule has 5 heteroatoms. The van der Waals surface area contributed by atoms with Crippen LogP contribution in [-0.4, -0.2) is 16.7 Å². The first-order chi connectivity index (χ1) is 5.24. The van der Waals surface area contributed by atoms with Crippen LogP contribution in [0.4, 0.5) is 6.01 Å². The Morgan fingerprint density at radius 1 is 1.64 bits per heavy atom. The monoisotopic (exact) mass is 156 g/mol. The first-order valence-corrected chi connectivity index (χ1v) is 3.56. The molecule has 0 fully saturated rings. The molecule has 0 radical (unpaired) electrons. The van der Waals surface area contributed by atoms with Gasteiger partial charge in [0.2, 0.25) is 5.89 Å². The van der Waals surface area contributed by atoms with E-state index in [4.69, 9.17) is 10.2 Å². The average Bonchev–Trinajstić information content (AvgIpc) is 2.36. The molecule has 0 aliphatic rings. The number of nitrogens with zero attached hydrogens (tertiary/aromatic N) is 2. The summed E-state index contributed by atoms with van der Waals surface area (Å²) in [5.41, 5.74) is 5.24. The summed E-state index contributed by atoms with van der Waals surface area (Å²) in [6.07, 6.45) is 0. The van der Waals surface area contributed by atoms with E-state index >= 15 is 0 Å². The average molecular weight is 156 g/mol. The molecule has 3 N–H and O–H groups in total. The predicted octanol–water partition coefficient (Wildman–Crippen LogP) is 0.322. The van der Waals surface area contributed by atoms with E-state index in [1.165, 1.54) is 0 Å². The van der Waals surface area contributed by atoms with Crippen molar-refractivity contribution in [1.29, 1.82) is 0 Å². The fourth-order valence-electron chi connectivity index (χ4n) is 0.815. The minimum Gasteiger partial charge on any atom is -0.407 e. The molecule has 0 saturated carbocycles. The molecule has 11 heavy (non-hydrogen) atoms. The topological polar surface area (TPSA) is 77.0 Å². The maximum absolute atomic E-state index is 5.24. The van der Waals surface area contributed by atoms with Crippen LogP contribution in [0.2, 0.25) is 0 Å². The van der Waals surface area contributed by atoms with Crippen molar-refractivity contribution in [2.45, 2.75) is 19.9 Å². The van der Waals surface area contributed by atoms with Gasteiger partial charge in [0.25, 0.3) is 0 Å². The van der Waals surface area contributed by atoms with Gasteiger partial charge in [0.1, 0.15) is 0 Å². The number of rotatable bonds is 3. The lowest BCUT2D eigenvalue weighted by molar-refractivity contribution is 0.431. The molecule has 62 valence electrons. The Morgan fingerprint density at radius 2 is 2.36 bits per heavy atom. The standard InChI is InChI=1S/C6H12N4O/c1-3-8-4(2)5-9-10-6(7)11-5/h4,8H,3H2,1-2H3,(H2,7,10). The molecule has 0 spiro atoms. The van der Waals surface area contributed by atoms with Crippen molar-refractivity contribution in [1.82, 2.24) is 15.5 Å². The largest absolute Gasteiger partial charge is 0.407 e. The molecular formula is C6H12N4O. The first-order valence-electron chi connectivity index (χ1n) is 3.56. The number of hydrogen-bond donors (Lipinski definition) is 2. The van der Waals surface area contributed by atoms with Crippen LogP contribution in [0, 0.1) is 0 Å². The maximum atomic E-state index is 5.24. The lowest BCUT2D eigenvalue weighted by Crippen LogP contribution is -2.17. The molecule has 5 nitrogen and oxygen atoms in total. The zero-order valence-corrected chi connectivity index (χ0v) is 6.66. The first kappa shape index (κ1) is 8.00. The summed E-state index contributed by atoms with van der Waals surface area (Å²) < 4.78 is 4.99. The van der Waals surface area contributed by atoms with Crippen LogP contribution >= 0.6 is 0 Å². The van der Waals surface area contributed by atoms with E-state index in [2.05, 4.69) is 15.5 Å². The number of hydrogen-bond acceptors (Lipinski definition) is 5. The van der Waals surface area contributed by atoms with Crippen LogP contribution in [0.5, 0.6) is 0 Å². The number of anilines is 1. The predicted molar refractivity (Wildman–Crippen MR) is 40.8 cm³/mol. The van der Waals surface area contributed by atoms with Gasteiger partial charge in [-0.3, -0.25) is 0 Å². The Balaban J connectivity index is 2.60. The maximum Gasteiger partial charge on any atom is 0.312 e. The van der Waals surface area contributed by atoms with Crippen LogP contribution in [0.3, 0.4) is 0 Å². The fourth-order valence-corrected chi connectivity index (χ4v) is 0.815. The van der Waals surface area contributed by atoms with Crippen molar-refractivity contribution in [3.05, 3.63) is 5.89 Å². The molecule has 0 amide bonds.